The van der Waals surface area contributed by atoms with Gasteiger partial charge in [-0.1, -0.05) is 0 Å². The summed E-state index contributed by atoms with van der Waals surface area (Å²) < 4.78 is 1.73. The Bertz CT molecular complexity index is 447. The highest BCUT2D eigenvalue weighted by molar-refractivity contribution is 5.49. The third-order valence-electron chi connectivity index (χ3n) is 2.36. The molecule has 0 saturated heterocycles. The fraction of sp³-hybridized carbons (Fsp3) is 0.375. The van der Waals surface area contributed by atoms with Gasteiger partial charge in [-0.15, -0.1) is 0 Å². The highest BCUT2D eigenvalue weighted by Gasteiger charge is 2.14. The van der Waals surface area contributed by atoms with Crippen LogP contribution in [0.3, 0.4) is 0 Å². The van der Waals surface area contributed by atoms with Crippen molar-refractivity contribution in [3.63, 3.8) is 0 Å². The first-order chi connectivity index (χ1) is 6.45. The summed E-state index contributed by atoms with van der Waals surface area (Å²) in [5.41, 5.74) is 3.29. The Hall–Kier alpha value is -1.49. The summed E-state index contributed by atoms with van der Waals surface area (Å²) >= 11 is 0. The van der Waals surface area contributed by atoms with E-state index < -0.39 is 0 Å². The standard InChI is InChI=1S/C8H9N5/c1-2-9-3-7-6(1)8-10-4-12-13(8)5-11-7/h4-5,9H,1-3H2. The minimum atomic E-state index is 0.846. The number of hydrogen-bond acceptors (Lipinski definition) is 4. The van der Waals surface area contributed by atoms with Crippen molar-refractivity contribution in [2.24, 2.45) is 0 Å². The number of nitrogens with zero attached hydrogens (tertiary/aromatic N) is 4. The maximum atomic E-state index is 4.32. The lowest BCUT2D eigenvalue weighted by molar-refractivity contribution is 0.622. The van der Waals surface area contributed by atoms with E-state index in [2.05, 4.69) is 20.4 Å². The Morgan fingerprint density at radius 1 is 1.38 bits per heavy atom. The molecular formula is C8H9N5. The molecule has 1 aliphatic heterocycles. The Labute approximate surface area is 74.8 Å². The number of fused-ring (bicyclic) bond motifs is 3. The molecule has 2 aromatic heterocycles. The molecule has 0 bridgehead atoms. The van der Waals surface area contributed by atoms with Crippen LogP contribution in [-0.4, -0.2) is 26.1 Å². The molecule has 13 heavy (non-hydrogen) atoms. The van der Waals surface area contributed by atoms with Gasteiger partial charge in [0.05, 0.1) is 5.69 Å². The van der Waals surface area contributed by atoms with Crippen LogP contribution in [-0.2, 0) is 13.0 Å². The summed E-state index contributed by atoms with van der Waals surface area (Å²) in [6.45, 7) is 1.85. The van der Waals surface area contributed by atoms with E-state index in [1.807, 2.05) is 0 Å². The van der Waals surface area contributed by atoms with E-state index in [1.54, 1.807) is 17.2 Å². The molecule has 66 valence electrons. The summed E-state index contributed by atoms with van der Waals surface area (Å²) in [6.07, 6.45) is 4.28. The molecule has 2 aromatic rings. The van der Waals surface area contributed by atoms with Gasteiger partial charge in [-0.2, -0.15) is 5.10 Å². The van der Waals surface area contributed by atoms with Gasteiger partial charge in [0.15, 0.2) is 5.65 Å². The van der Waals surface area contributed by atoms with Crippen molar-refractivity contribution in [3.8, 4) is 0 Å². The smallest absolute Gasteiger partial charge is 0.162 e. The van der Waals surface area contributed by atoms with Gasteiger partial charge in [0.2, 0.25) is 0 Å². The first kappa shape index (κ1) is 6.97. The fourth-order valence-corrected chi connectivity index (χ4v) is 1.71. The minimum Gasteiger partial charge on any atom is -0.311 e. The quantitative estimate of drug-likeness (QED) is 0.601. The summed E-state index contributed by atoms with van der Waals surface area (Å²) in [5.74, 6) is 0. The van der Waals surface area contributed by atoms with Crippen LogP contribution in [0.1, 0.15) is 11.3 Å². The van der Waals surface area contributed by atoms with Crippen LogP contribution >= 0.6 is 0 Å². The second-order valence-electron chi connectivity index (χ2n) is 3.12. The van der Waals surface area contributed by atoms with E-state index in [0.29, 0.717) is 0 Å². The molecule has 0 radical (unpaired) electrons. The molecule has 5 nitrogen and oxygen atoms in total. The molecule has 5 heteroatoms. The zero-order valence-electron chi connectivity index (χ0n) is 7.06. The van der Waals surface area contributed by atoms with E-state index in [-0.39, 0.29) is 0 Å². The second kappa shape index (κ2) is 2.50. The lowest BCUT2D eigenvalue weighted by Gasteiger charge is -2.15. The van der Waals surface area contributed by atoms with Crippen molar-refractivity contribution < 1.29 is 0 Å². The predicted octanol–water partition coefficient (Wildman–Crippen LogP) is -0.230. The van der Waals surface area contributed by atoms with Crippen molar-refractivity contribution in [2.75, 3.05) is 6.54 Å². The Morgan fingerprint density at radius 3 is 3.38 bits per heavy atom. The first-order valence-electron chi connectivity index (χ1n) is 4.32. The molecule has 0 spiro atoms. The molecule has 0 aliphatic carbocycles. The average Bonchev–Trinajstić information content (AvgIpc) is 2.65. The van der Waals surface area contributed by atoms with Crippen molar-refractivity contribution >= 4 is 5.65 Å². The third kappa shape index (κ3) is 0.936. The Balaban J connectivity index is 2.34. The maximum Gasteiger partial charge on any atom is 0.162 e. The van der Waals surface area contributed by atoms with E-state index in [1.165, 1.54) is 5.56 Å². The maximum absolute atomic E-state index is 4.32. The highest BCUT2D eigenvalue weighted by atomic mass is 15.3. The van der Waals surface area contributed by atoms with Crippen molar-refractivity contribution in [3.05, 3.63) is 23.9 Å². The van der Waals surface area contributed by atoms with Crippen LogP contribution in [0.4, 0.5) is 0 Å². The molecule has 0 unspecified atom stereocenters. The Kier molecular flexibility index (Phi) is 1.34. The van der Waals surface area contributed by atoms with Crippen LogP contribution in [0, 0.1) is 0 Å². The lowest BCUT2D eigenvalue weighted by atomic mass is 10.1. The van der Waals surface area contributed by atoms with E-state index in [4.69, 9.17) is 0 Å². The number of nitrogens with one attached hydrogen (secondary N) is 1. The zero-order chi connectivity index (χ0) is 8.67. The van der Waals surface area contributed by atoms with Crippen LogP contribution in [0.15, 0.2) is 12.7 Å². The largest absolute Gasteiger partial charge is 0.311 e. The highest BCUT2D eigenvalue weighted by Crippen LogP contribution is 2.14. The first-order valence-corrected chi connectivity index (χ1v) is 4.32. The molecular weight excluding hydrogens is 166 g/mol. The average molecular weight is 175 g/mol. The summed E-state index contributed by atoms with van der Waals surface area (Å²) in [5, 5.41) is 7.33. The molecule has 3 heterocycles. The molecule has 0 atom stereocenters. The number of aromatic nitrogens is 4. The van der Waals surface area contributed by atoms with Crippen LogP contribution < -0.4 is 5.32 Å². The lowest BCUT2D eigenvalue weighted by Crippen LogP contribution is -2.25. The summed E-state index contributed by atoms with van der Waals surface area (Å²) in [4.78, 5) is 8.53. The topological polar surface area (TPSA) is 55.1 Å². The third-order valence-corrected chi connectivity index (χ3v) is 2.36. The molecule has 0 aromatic carbocycles. The normalized spacial score (nSPS) is 16.0. The fourth-order valence-electron chi connectivity index (χ4n) is 1.71. The second-order valence-corrected chi connectivity index (χ2v) is 3.12. The van der Waals surface area contributed by atoms with Gasteiger partial charge in [-0.3, -0.25) is 0 Å². The van der Waals surface area contributed by atoms with Crippen molar-refractivity contribution in [2.45, 2.75) is 13.0 Å². The SMILES string of the molecule is c1nc2c3c(ncn2n1)CNCC3. The van der Waals surface area contributed by atoms with Gasteiger partial charge >= 0.3 is 0 Å². The number of hydrogen-bond donors (Lipinski definition) is 1. The van der Waals surface area contributed by atoms with Gasteiger partial charge in [0.1, 0.15) is 12.7 Å². The van der Waals surface area contributed by atoms with Crippen LogP contribution in [0.2, 0.25) is 0 Å². The van der Waals surface area contributed by atoms with E-state index in [9.17, 15) is 0 Å². The molecule has 1 aliphatic rings. The van der Waals surface area contributed by atoms with E-state index >= 15 is 0 Å². The molecule has 3 rings (SSSR count). The van der Waals surface area contributed by atoms with Gasteiger partial charge in [0.25, 0.3) is 0 Å². The van der Waals surface area contributed by atoms with Gasteiger partial charge in [-0.05, 0) is 13.0 Å². The monoisotopic (exact) mass is 175 g/mol. The van der Waals surface area contributed by atoms with Crippen molar-refractivity contribution in [1.29, 1.82) is 0 Å². The minimum absolute atomic E-state index is 0.846. The van der Waals surface area contributed by atoms with Gasteiger partial charge in [0, 0.05) is 12.1 Å². The van der Waals surface area contributed by atoms with Crippen molar-refractivity contribution in [1.82, 2.24) is 24.9 Å². The zero-order valence-corrected chi connectivity index (χ0v) is 7.06. The number of rotatable bonds is 0. The van der Waals surface area contributed by atoms with Gasteiger partial charge in [-0.25, -0.2) is 14.5 Å². The molecule has 0 amide bonds. The molecule has 0 fully saturated rings. The van der Waals surface area contributed by atoms with Gasteiger partial charge < -0.3 is 5.32 Å². The van der Waals surface area contributed by atoms with Crippen LogP contribution in [0.25, 0.3) is 5.65 Å². The Morgan fingerprint density at radius 2 is 2.38 bits per heavy atom. The molecule has 0 saturated carbocycles. The summed E-state index contributed by atoms with van der Waals surface area (Å²) in [7, 11) is 0. The summed E-state index contributed by atoms with van der Waals surface area (Å²) in [6, 6.07) is 0. The molecule has 1 N–H and O–H groups in total. The van der Waals surface area contributed by atoms with E-state index in [0.717, 1.165) is 30.9 Å². The predicted molar refractivity (Wildman–Crippen MR) is 46.2 cm³/mol. The van der Waals surface area contributed by atoms with Crippen LogP contribution in [0.5, 0.6) is 0 Å².